The van der Waals surface area contributed by atoms with Crippen LogP contribution in [0.15, 0.2) is 30.3 Å². The molecule has 2 aromatic carbocycles. The van der Waals surface area contributed by atoms with E-state index in [-0.39, 0.29) is 0 Å². The third-order valence-corrected chi connectivity index (χ3v) is 6.20. The van der Waals surface area contributed by atoms with E-state index >= 15 is 0 Å². The van der Waals surface area contributed by atoms with Gasteiger partial charge in [-0.15, -0.1) is 11.6 Å². The largest absolute Gasteiger partial charge is 0.493 e. The summed E-state index contributed by atoms with van der Waals surface area (Å²) in [6.45, 7) is 5.93. The number of alkyl halides is 1. The Morgan fingerprint density at radius 1 is 0.839 bits per heavy atom. The highest BCUT2D eigenvalue weighted by Crippen LogP contribution is 2.42. The minimum absolute atomic E-state index is 0.573. The Labute approximate surface area is 194 Å². The molecule has 3 nitrogen and oxygen atoms in total. The molecule has 0 aromatic heterocycles. The van der Waals surface area contributed by atoms with Crippen molar-refractivity contribution in [3.8, 4) is 17.2 Å². The second kappa shape index (κ2) is 15.2. The van der Waals surface area contributed by atoms with Gasteiger partial charge >= 0.3 is 0 Å². The van der Waals surface area contributed by atoms with Gasteiger partial charge in [0.05, 0.1) is 20.3 Å². The lowest BCUT2D eigenvalue weighted by molar-refractivity contribution is 0.226. The summed E-state index contributed by atoms with van der Waals surface area (Å²) in [6, 6.07) is 10.3. The van der Waals surface area contributed by atoms with Crippen LogP contribution in [0.5, 0.6) is 17.2 Å². The number of rotatable bonds is 17. The van der Waals surface area contributed by atoms with Gasteiger partial charge in [-0.25, -0.2) is 0 Å². The van der Waals surface area contributed by atoms with Crippen LogP contribution in [0.25, 0.3) is 10.8 Å². The fourth-order valence-electron chi connectivity index (χ4n) is 3.90. The topological polar surface area (TPSA) is 27.7 Å². The van der Waals surface area contributed by atoms with E-state index in [1.165, 1.54) is 44.9 Å². The fourth-order valence-corrected chi connectivity index (χ4v) is 4.09. The van der Waals surface area contributed by atoms with Crippen LogP contribution in [0.1, 0.15) is 78.1 Å². The first-order valence-corrected chi connectivity index (χ1v) is 12.7. The van der Waals surface area contributed by atoms with Crippen LogP contribution in [-0.4, -0.2) is 26.2 Å². The van der Waals surface area contributed by atoms with Gasteiger partial charge in [0.15, 0.2) is 11.5 Å². The van der Waals surface area contributed by atoms with Crippen molar-refractivity contribution in [3.05, 3.63) is 30.3 Å². The molecule has 0 saturated heterocycles. The molecule has 0 aliphatic heterocycles. The molecule has 0 saturated carbocycles. The Hall–Kier alpha value is -1.61. The number of hydrogen-bond acceptors (Lipinski definition) is 3. The number of unbranched alkanes of at least 4 members (excludes halogenated alkanes) is 6. The van der Waals surface area contributed by atoms with Gasteiger partial charge in [0, 0.05) is 22.7 Å². The quantitative estimate of drug-likeness (QED) is 0.179. The highest BCUT2D eigenvalue weighted by Gasteiger charge is 2.17. The van der Waals surface area contributed by atoms with E-state index in [0.717, 1.165) is 66.4 Å². The molecule has 0 aliphatic carbocycles. The van der Waals surface area contributed by atoms with E-state index < -0.39 is 0 Å². The highest BCUT2D eigenvalue weighted by molar-refractivity contribution is 6.17. The Balaban J connectivity index is 2.04. The van der Waals surface area contributed by atoms with Crippen LogP contribution in [-0.2, 0) is 0 Å². The highest BCUT2D eigenvalue weighted by atomic mass is 35.5. The maximum absolute atomic E-state index is 6.35. The van der Waals surface area contributed by atoms with Gasteiger partial charge in [-0.1, -0.05) is 83.1 Å². The van der Waals surface area contributed by atoms with Crippen molar-refractivity contribution in [1.29, 1.82) is 0 Å². The van der Waals surface area contributed by atoms with Gasteiger partial charge in [0.2, 0.25) is 0 Å². The zero-order chi connectivity index (χ0) is 22.3. The first-order chi connectivity index (χ1) is 15.2. The predicted molar refractivity (Wildman–Crippen MR) is 133 cm³/mol. The van der Waals surface area contributed by atoms with E-state index in [2.05, 4.69) is 32.0 Å². The van der Waals surface area contributed by atoms with Crippen molar-refractivity contribution >= 4 is 22.4 Å². The standard InChI is InChI=1S/C27H41ClO3/c1-4-6-15-22(5-2)21-31-27-24-17-12-11-16-23(24)25(20-26(27)29-3)30-19-14-10-8-7-9-13-18-28/h11-12,16-17,20,22H,4-10,13-15,18-19,21H2,1-3H3. The molecule has 1 atom stereocenters. The molecule has 0 spiro atoms. The monoisotopic (exact) mass is 448 g/mol. The van der Waals surface area contributed by atoms with Gasteiger partial charge in [-0.2, -0.15) is 0 Å². The number of methoxy groups -OCH3 is 1. The molecule has 0 amide bonds. The first kappa shape index (κ1) is 25.6. The average Bonchev–Trinajstić information content (AvgIpc) is 2.81. The molecule has 0 aliphatic rings. The van der Waals surface area contributed by atoms with Gasteiger partial charge < -0.3 is 14.2 Å². The van der Waals surface area contributed by atoms with Crippen LogP contribution in [0.4, 0.5) is 0 Å². The molecule has 2 aromatic rings. The Morgan fingerprint density at radius 3 is 2.23 bits per heavy atom. The van der Waals surface area contributed by atoms with Gasteiger partial charge in [0.25, 0.3) is 0 Å². The number of ether oxygens (including phenoxy) is 3. The lowest BCUT2D eigenvalue weighted by atomic mass is 10.0. The molecule has 1 unspecified atom stereocenters. The summed E-state index contributed by atoms with van der Waals surface area (Å²) in [4.78, 5) is 0. The summed E-state index contributed by atoms with van der Waals surface area (Å²) in [5.74, 6) is 3.80. The molecule has 0 radical (unpaired) electrons. The Kier molecular flexibility index (Phi) is 12.6. The zero-order valence-corrected chi connectivity index (χ0v) is 20.5. The maximum atomic E-state index is 6.35. The third-order valence-electron chi connectivity index (χ3n) is 5.94. The minimum atomic E-state index is 0.573. The van der Waals surface area contributed by atoms with Gasteiger partial charge in [-0.3, -0.25) is 0 Å². The van der Waals surface area contributed by atoms with E-state index in [4.69, 9.17) is 25.8 Å². The summed E-state index contributed by atoms with van der Waals surface area (Å²) in [6.07, 6.45) is 11.9. The molecular formula is C27H41ClO3. The summed E-state index contributed by atoms with van der Waals surface area (Å²) >= 11 is 5.74. The van der Waals surface area contributed by atoms with Crippen LogP contribution in [0.3, 0.4) is 0 Å². The van der Waals surface area contributed by atoms with E-state index in [1.54, 1.807) is 7.11 Å². The fraction of sp³-hybridized carbons (Fsp3) is 0.630. The predicted octanol–water partition coefficient (Wildman–Crippen LogP) is 8.40. The number of fused-ring (bicyclic) bond motifs is 1. The molecule has 4 heteroatoms. The summed E-state index contributed by atoms with van der Waals surface area (Å²) < 4.78 is 18.2. The molecule has 0 bridgehead atoms. The van der Waals surface area contributed by atoms with Crippen molar-refractivity contribution in [2.45, 2.75) is 78.1 Å². The number of halogens is 1. The van der Waals surface area contributed by atoms with E-state index in [0.29, 0.717) is 5.92 Å². The Bertz CT molecular complexity index is 747. The molecule has 31 heavy (non-hydrogen) atoms. The third kappa shape index (κ3) is 8.44. The lowest BCUT2D eigenvalue weighted by Crippen LogP contribution is -2.12. The van der Waals surface area contributed by atoms with E-state index in [1.807, 2.05) is 12.1 Å². The van der Waals surface area contributed by atoms with Crippen molar-refractivity contribution in [1.82, 2.24) is 0 Å². The number of hydrogen-bond donors (Lipinski definition) is 0. The second-order valence-corrected chi connectivity index (χ2v) is 8.72. The molecule has 174 valence electrons. The zero-order valence-electron chi connectivity index (χ0n) is 19.8. The van der Waals surface area contributed by atoms with Crippen molar-refractivity contribution in [3.63, 3.8) is 0 Å². The molecule has 0 fully saturated rings. The van der Waals surface area contributed by atoms with Crippen LogP contribution >= 0.6 is 11.6 Å². The Morgan fingerprint density at radius 2 is 1.55 bits per heavy atom. The summed E-state index contributed by atoms with van der Waals surface area (Å²) in [5.41, 5.74) is 0. The minimum Gasteiger partial charge on any atom is -0.493 e. The second-order valence-electron chi connectivity index (χ2n) is 8.34. The average molecular weight is 449 g/mol. The van der Waals surface area contributed by atoms with Crippen LogP contribution in [0.2, 0.25) is 0 Å². The van der Waals surface area contributed by atoms with Crippen molar-refractivity contribution in [2.24, 2.45) is 5.92 Å². The van der Waals surface area contributed by atoms with E-state index in [9.17, 15) is 0 Å². The van der Waals surface area contributed by atoms with Crippen molar-refractivity contribution < 1.29 is 14.2 Å². The molecule has 2 rings (SSSR count). The van der Waals surface area contributed by atoms with Gasteiger partial charge in [-0.05, 0) is 25.2 Å². The molecule has 0 heterocycles. The summed E-state index contributed by atoms with van der Waals surface area (Å²) in [5, 5.41) is 2.14. The van der Waals surface area contributed by atoms with Crippen molar-refractivity contribution in [2.75, 3.05) is 26.2 Å². The molecule has 0 N–H and O–H groups in total. The lowest BCUT2D eigenvalue weighted by Gasteiger charge is -2.20. The van der Waals surface area contributed by atoms with Crippen LogP contribution in [0, 0.1) is 5.92 Å². The first-order valence-electron chi connectivity index (χ1n) is 12.2. The SMILES string of the molecule is CCCCC(CC)COc1c(OC)cc(OCCCCCCCCCl)c2ccccc12. The number of benzene rings is 2. The smallest absolute Gasteiger partial charge is 0.169 e. The maximum Gasteiger partial charge on any atom is 0.169 e. The van der Waals surface area contributed by atoms with Crippen LogP contribution < -0.4 is 14.2 Å². The summed E-state index contributed by atoms with van der Waals surface area (Å²) in [7, 11) is 1.70. The normalized spacial score (nSPS) is 12.1. The molecular weight excluding hydrogens is 408 g/mol. The van der Waals surface area contributed by atoms with Gasteiger partial charge in [0.1, 0.15) is 5.75 Å².